The molecule has 0 saturated carbocycles. The highest BCUT2D eigenvalue weighted by Gasteiger charge is 2.03. The van der Waals surface area contributed by atoms with Crippen molar-refractivity contribution in [2.24, 2.45) is 0 Å². The van der Waals surface area contributed by atoms with Crippen LogP contribution in [0.1, 0.15) is 18.6 Å². The number of nitrogens with zero attached hydrogens (tertiary/aromatic N) is 1. The molecule has 0 saturated heterocycles. The van der Waals surface area contributed by atoms with Gasteiger partial charge >= 0.3 is 5.97 Å². The molecule has 0 bridgehead atoms. The number of carbonyl (C=O) groups is 1. The molecule has 0 radical (unpaired) electrons. The summed E-state index contributed by atoms with van der Waals surface area (Å²) < 4.78 is 9.78. The van der Waals surface area contributed by atoms with Gasteiger partial charge in [0.1, 0.15) is 5.76 Å². The molecule has 1 aromatic rings. The standard InChI is InChI=1S/C9H14N2O3/c1-3-7-4-11-8(14-7)5-10-6-9(12)13-2/h4,10H,3,5-6H2,1-2H3. The molecule has 0 spiro atoms. The number of carbonyl (C=O) groups excluding carboxylic acids is 1. The Bertz CT molecular complexity index is 296. The van der Waals surface area contributed by atoms with E-state index in [2.05, 4.69) is 15.0 Å². The lowest BCUT2D eigenvalue weighted by Crippen LogP contribution is -2.23. The van der Waals surface area contributed by atoms with Crippen LogP contribution in [0.3, 0.4) is 0 Å². The largest absolute Gasteiger partial charge is 0.468 e. The molecule has 5 heteroatoms. The van der Waals surface area contributed by atoms with Gasteiger partial charge in [0.25, 0.3) is 0 Å². The Labute approximate surface area is 82.5 Å². The zero-order chi connectivity index (χ0) is 10.4. The zero-order valence-corrected chi connectivity index (χ0v) is 8.37. The van der Waals surface area contributed by atoms with Crippen LogP contribution in [0.5, 0.6) is 0 Å². The number of rotatable bonds is 5. The Hall–Kier alpha value is -1.36. The summed E-state index contributed by atoms with van der Waals surface area (Å²) in [4.78, 5) is 14.8. The Morgan fingerprint density at radius 1 is 1.71 bits per heavy atom. The number of aromatic nitrogens is 1. The van der Waals surface area contributed by atoms with Gasteiger partial charge in [-0.2, -0.15) is 0 Å². The number of esters is 1. The van der Waals surface area contributed by atoms with Gasteiger partial charge in [-0.05, 0) is 0 Å². The van der Waals surface area contributed by atoms with E-state index >= 15 is 0 Å². The summed E-state index contributed by atoms with van der Waals surface area (Å²) in [6.45, 7) is 2.60. The second-order valence-electron chi connectivity index (χ2n) is 2.75. The molecule has 0 amide bonds. The monoisotopic (exact) mass is 198 g/mol. The maximum atomic E-state index is 10.7. The molecule has 0 unspecified atom stereocenters. The first-order chi connectivity index (χ1) is 6.76. The highest BCUT2D eigenvalue weighted by Crippen LogP contribution is 2.03. The van der Waals surface area contributed by atoms with Crippen molar-refractivity contribution in [2.45, 2.75) is 19.9 Å². The lowest BCUT2D eigenvalue weighted by molar-refractivity contribution is -0.139. The van der Waals surface area contributed by atoms with E-state index < -0.39 is 0 Å². The molecule has 78 valence electrons. The first kappa shape index (κ1) is 10.7. The summed E-state index contributed by atoms with van der Waals surface area (Å²) in [5, 5.41) is 2.86. The molecular formula is C9H14N2O3. The van der Waals surface area contributed by atoms with Crippen LogP contribution in [-0.4, -0.2) is 24.6 Å². The van der Waals surface area contributed by atoms with Crippen LogP contribution in [0, 0.1) is 0 Å². The number of nitrogens with one attached hydrogen (secondary N) is 1. The lowest BCUT2D eigenvalue weighted by atomic mass is 10.4. The molecule has 1 aromatic heterocycles. The van der Waals surface area contributed by atoms with E-state index in [-0.39, 0.29) is 12.5 Å². The van der Waals surface area contributed by atoms with Crippen molar-refractivity contribution in [3.8, 4) is 0 Å². The third kappa shape index (κ3) is 3.18. The van der Waals surface area contributed by atoms with Crippen LogP contribution in [0.15, 0.2) is 10.6 Å². The van der Waals surface area contributed by atoms with E-state index in [9.17, 15) is 4.79 Å². The Balaban J connectivity index is 2.27. The number of hydrogen-bond donors (Lipinski definition) is 1. The third-order valence-corrected chi connectivity index (χ3v) is 1.72. The number of ether oxygens (including phenoxy) is 1. The second kappa shape index (κ2) is 5.39. The second-order valence-corrected chi connectivity index (χ2v) is 2.75. The number of methoxy groups -OCH3 is 1. The van der Waals surface area contributed by atoms with Crippen LogP contribution in [0.4, 0.5) is 0 Å². The fraction of sp³-hybridized carbons (Fsp3) is 0.556. The molecule has 5 nitrogen and oxygen atoms in total. The molecule has 0 aliphatic rings. The minimum atomic E-state index is -0.299. The smallest absolute Gasteiger partial charge is 0.319 e. The molecule has 0 aliphatic heterocycles. The fourth-order valence-electron chi connectivity index (χ4n) is 0.937. The van der Waals surface area contributed by atoms with Gasteiger partial charge in [0.15, 0.2) is 0 Å². The van der Waals surface area contributed by atoms with Crippen LogP contribution >= 0.6 is 0 Å². The van der Waals surface area contributed by atoms with Crippen molar-refractivity contribution < 1.29 is 13.9 Å². The first-order valence-corrected chi connectivity index (χ1v) is 4.47. The maximum Gasteiger partial charge on any atom is 0.319 e. The predicted octanol–water partition coefficient (Wildman–Crippen LogP) is 0.500. The molecule has 0 atom stereocenters. The van der Waals surface area contributed by atoms with Gasteiger partial charge in [0.05, 0.1) is 26.4 Å². The molecule has 1 N–H and O–H groups in total. The van der Waals surface area contributed by atoms with E-state index in [1.807, 2.05) is 6.92 Å². The average molecular weight is 198 g/mol. The van der Waals surface area contributed by atoms with Gasteiger partial charge < -0.3 is 9.15 Å². The number of aryl methyl sites for hydroxylation is 1. The van der Waals surface area contributed by atoms with E-state index in [0.717, 1.165) is 12.2 Å². The summed E-state index contributed by atoms with van der Waals surface area (Å²) in [6, 6.07) is 0. The topological polar surface area (TPSA) is 64.4 Å². The maximum absolute atomic E-state index is 10.7. The summed E-state index contributed by atoms with van der Waals surface area (Å²) in [6.07, 6.45) is 2.51. The van der Waals surface area contributed by atoms with Crippen LogP contribution in [-0.2, 0) is 22.5 Å². The lowest BCUT2D eigenvalue weighted by Gasteiger charge is -1.99. The van der Waals surface area contributed by atoms with Crippen molar-refractivity contribution in [3.63, 3.8) is 0 Å². The zero-order valence-electron chi connectivity index (χ0n) is 8.37. The molecule has 14 heavy (non-hydrogen) atoms. The number of oxazole rings is 1. The van der Waals surface area contributed by atoms with E-state index in [1.54, 1.807) is 6.20 Å². The van der Waals surface area contributed by atoms with Crippen LogP contribution < -0.4 is 5.32 Å². The summed E-state index contributed by atoms with van der Waals surface area (Å²) >= 11 is 0. The van der Waals surface area contributed by atoms with Crippen molar-refractivity contribution in [3.05, 3.63) is 17.8 Å². The Morgan fingerprint density at radius 3 is 3.07 bits per heavy atom. The molecule has 1 heterocycles. The summed E-state index contributed by atoms with van der Waals surface area (Å²) in [7, 11) is 1.35. The minimum Gasteiger partial charge on any atom is -0.468 e. The Kier molecular flexibility index (Phi) is 4.12. The fourth-order valence-corrected chi connectivity index (χ4v) is 0.937. The highest BCUT2D eigenvalue weighted by molar-refractivity contribution is 5.71. The van der Waals surface area contributed by atoms with Gasteiger partial charge in [-0.25, -0.2) is 4.98 Å². The van der Waals surface area contributed by atoms with Crippen molar-refractivity contribution >= 4 is 5.97 Å². The quantitative estimate of drug-likeness (QED) is 0.698. The van der Waals surface area contributed by atoms with Gasteiger partial charge in [0, 0.05) is 6.42 Å². The van der Waals surface area contributed by atoms with Gasteiger partial charge in [-0.3, -0.25) is 10.1 Å². The highest BCUT2D eigenvalue weighted by atomic mass is 16.5. The van der Waals surface area contributed by atoms with Crippen LogP contribution in [0.25, 0.3) is 0 Å². The van der Waals surface area contributed by atoms with E-state index in [1.165, 1.54) is 7.11 Å². The van der Waals surface area contributed by atoms with Gasteiger partial charge in [-0.1, -0.05) is 6.92 Å². The SMILES string of the molecule is CCc1cnc(CNCC(=O)OC)o1. The van der Waals surface area contributed by atoms with Crippen LogP contribution in [0.2, 0.25) is 0 Å². The van der Waals surface area contributed by atoms with E-state index in [0.29, 0.717) is 12.4 Å². The third-order valence-electron chi connectivity index (χ3n) is 1.72. The normalized spacial score (nSPS) is 10.1. The minimum absolute atomic E-state index is 0.167. The van der Waals surface area contributed by atoms with Crippen molar-refractivity contribution in [1.29, 1.82) is 0 Å². The molecule has 0 aliphatic carbocycles. The number of hydrogen-bond acceptors (Lipinski definition) is 5. The average Bonchev–Trinajstić information content (AvgIpc) is 2.65. The Morgan fingerprint density at radius 2 is 2.50 bits per heavy atom. The predicted molar refractivity (Wildman–Crippen MR) is 49.6 cm³/mol. The summed E-state index contributed by atoms with van der Waals surface area (Å²) in [5.74, 6) is 1.14. The summed E-state index contributed by atoms with van der Waals surface area (Å²) in [5.41, 5.74) is 0. The van der Waals surface area contributed by atoms with E-state index in [4.69, 9.17) is 4.42 Å². The van der Waals surface area contributed by atoms with Gasteiger partial charge in [0.2, 0.25) is 5.89 Å². The molecular weight excluding hydrogens is 184 g/mol. The molecule has 0 fully saturated rings. The molecule has 1 rings (SSSR count). The first-order valence-electron chi connectivity index (χ1n) is 4.47. The molecule has 0 aromatic carbocycles. The van der Waals surface area contributed by atoms with Gasteiger partial charge in [-0.15, -0.1) is 0 Å². The van der Waals surface area contributed by atoms with Crippen molar-refractivity contribution in [2.75, 3.05) is 13.7 Å². The van der Waals surface area contributed by atoms with Crippen molar-refractivity contribution in [1.82, 2.24) is 10.3 Å².